The molecule has 0 radical (unpaired) electrons. The lowest BCUT2D eigenvalue weighted by atomic mass is 10.2. The molecule has 0 spiro atoms. The van der Waals surface area contributed by atoms with Gasteiger partial charge in [0, 0.05) is 12.7 Å². The van der Waals surface area contributed by atoms with Crippen LogP contribution in [0.5, 0.6) is 5.75 Å². The molecule has 0 bridgehead atoms. The first-order chi connectivity index (χ1) is 9.59. The summed E-state index contributed by atoms with van der Waals surface area (Å²) in [4.78, 5) is 13.9. The number of hydrogen-bond donors (Lipinski definition) is 0. The molecule has 0 N–H and O–H groups in total. The zero-order valence-electron chi connectivity index (χ0n) is 11.4. The maximum Gasteiger partial charge on any atom is 0.267 e. The average Bonchev–Trinajstić information content (AvgIpc) is 2.49. The van der Waals surface area contributed by atoms with Crippen LogP contribution in [0.3, 0.4) is 0 Å². The lowest BCUT2D eigenvalue weighted by molar-refractivity contribution is -0.124. The van der Waals surface area contributed by atoms with E-state index in [0.29, 0.717) is 10.8 Å². The van der Waals surface area contributed by atoms with Crippen LogP contribution >= 0.6 is 11.6 Å². The molecular weight excluding hydrogens is 274 g/mol. The zero-order chi connectivity index (χ0) is 14.5. The molecule has 4 heteroatoms. The van der Waals surface area contributed by atoms with E-state index in [1.54, 1.807) is 31.0 Å². The summed E-state index contributed by atoms with van der Waals surface area (Å²) in [6.45, 7) is 1.71. The average molecular weight is 290 g/mol. The fourth-order valence-electron chi connectivity index (χ4n) is 1.83. The molecule has 0 unspecified atom stereocenters. The third-order valence-electron chi connectivity index (χ3n) is 2.96. The number of hydrogen-bond acceptors (Lipinski definition) is 2. The van der Waals surface area contributed by atoms with Crippen molar-refractivity contribution in [2.75, 3.05) is 11.9 Å². The van der Waals surface area contributed by atoms with Crippen LogP contribution in [0.25, 0.3) is 0 Å². The quantitative estimate of drug-likeness (QED) is 0.857. The molecule has 2 aromatic carbocycles. The van der Waals surface area contributed by atoms with Gasteiger partial charge in [-0.1, -0.05) is 41.9 Å². The normalized spacial score (nSPS) is 11.8. The number of likely N-dealkylation sites (N-methyl/N-ethyl adjacent to an activating group) is 1. The van der Waals surface area contributed by atoms with Crippen LogP contribution in [-0.2, 0) is 4.79 Å². The Hall–Kier alpha value is -2.00. The number of benzene rings is 2. The van der Waals surface area contributed by atoms with E-state index in [9.17, 15) is 4.79 Å². The van der Waals surface area contributed by atoms with Crippen LogP contribution in [0.2, 0.25) is 5.02 Å². The molecule has 2 aromatic rings. The fraction of sp³-hybridized carbons (Fsp3) is 0.188. The molecule has 0 aliphatic carbocycles. The van der Waals surface area contributed by atoms with Gasteiger partial charge < -0.3 is 9.64 Å². The number of amides is 1. The zero-order valence-corrected chi connectivity index (χ0v) is 12.2. The molecule has 0 fully saturated rings. The Morgan fingerprint density at radius 3 is 2.35 bits per heavy atom. The summed E-state index contributed by atoms with van der Waals surface area (Å²) in [6, 6.07) is 16.5. The first kappa shape index (κ1) is 14.4. The molecule has 0 aliphatic rings. The van der Waals surface area contributed by atoms with Crippen molar-refractivity contribution >= 4 is 23.2 Å². The van der Waals surface area contributed by atoms with Crippen molar-refractivity contribution in [2.24, 2.45) is 0 Å². The van der Waals surface area contributed by atoms with Gasteiger partial charge in [0.15, 0.2) is 6.10 Å². The van der Waals surface area contributed by atoms with E-state index in [-0.39, 0.29) is 5.91 Å². The third kappa shape index (κ3) is 3.31. The van der Waals surface area contributed by atoms with Gasteiger partial charge >= 0.3 is 0 Å². The highest BCUT2D eigenvalue weighted by Gasteiger charge is 2.20. The SMILES string of the molecule is C[C@@H](Oc1ccccc1Cl)C(=O)N(C)c1ccccc1. The first-order valence-electron chi connectivity index (χ1n) is 6.33. The van der Waals surface area contributed by atoms with Gasteiger partial charge in [0.25, 0.3) is 5.91 Å². The van der Waals surface area contributed by atoms with Crippen LogP contribution in [0.15, 0.2) is 54.6 Å². The molecular formula is C16H16ClNO2. The largest absolute Gasteiger partial charge is 0.479 e. The maximum atomic E-state index is 12.3. The summed E-state index contributed by atoms with van der Waals surface area (Å²) in [5.74, 6) is 0.382. The molecule has 0 aliphatic heterocycles. The Morgan fingerprint density at radius 2 is 1.70 bits per heavy atom. The van der Waals surface area contributed by atoms with Crippen molar-refractivity contribution < 1.29 is 9.53 Å². The number of anilines is 1. The Bertz CT molecular complexity index is 586. The van der Waals surface area contributed by atoms with Crippen molar-refractivity contribution in [2.45, 2.75) is 13.0 Å². The Labute approximate surface area is 123 Å². The molecule has 20 heavy (non-hydrogen) atoms. The lowest BCUT2D eigenvalue weighted by Crippen LogP contribution is -2.38. The maximum absolute atomic E-state index is 12.3. The number of ether oxygens (including phenoxy) is 1. The molecule has 1 atom stereocenters. The number of carbonyl (C=O) groups excluding carboxylic acids is 1. The molecule has 0 saturated carbocycles. The summed E-state index contributed by atoms with van der Waals surface area (Å²) in [6.07, 6.45) is -0.611. The van der Waals surface area contributed by atoms with E-state index in [1.165, 1.54) is 0 Å². The predicted molar refractivity (Wildman–Crippen MR) is 81.4 cm³/mol. The minimum atomic E-state index is -0.611. The smallest absolute Gasteiger partial charge is 0.267 e. The summed E-state index contributed by atoms with van der Waals surface area (Å²) < 4.78 is 5.63. The summed E-state index contributed by atoms with van der Waals surface area (Å²) >= 11 is 6.02. The van der Waals surface area contributed by atoms with Crippen molar-refractivity contribution in [1.29, 1.82) is 0 Å². The van der Waals surface area contributed by atoms with Gasteiger partial charge in [-0.2, -0.15) is 0 Å². The summed E-state index contributed by atoms with van der Waals surface area (Å²) in [5.41, 5.74) is 0.826. The second kappa shape index (κ2) is 6.44. The standard InChI is InChI=1S/C16H16ClNO2/c1-12(20-15-11-7-6-10-14(15)17)16(19)18(2)13-8-4-3-5-9-13/h3-12H,1-2H3/t12-/m1/s1. The Kier molecular flexibility index (Phi) is 4.64. The highest BCUT2D eigenvalue weighted by molar-refractivity contribution is 6.32. The Morgan fingerprint density at radius 1 is 1.10 bits per heavy atom. The van der Waals surface area contributed by atoms with Crippen LogP contribution in [-0.4, -0.2) is 19.1 Å². The number of carbonyl (C=O) groups is 1. The third-order valence-corrected chi connectivity index (χ3v) is 3.27. The minimum Gasteiger partial charge on any atom is -0.479 e. The lowest BCUT2D eigenvalue weighted by Gasteiger charge is -2.22. The van der Waals surface area contributed by atoms with E-state index in [4.69, 9.17) is 16.3 Å². The molecule has 0 saturated heterocycles. The van der Waals surface area contributed by atoms with Gasteiger partial charge in [-0.05, 0) is 31.2 Å². The van der Waals surface area contributed by atoms with Crippen molar-refractivity contribution in [3.05, 3.63) is 59.6 Å². The second-order valence-corrected chi connectivity index (χ2v) is 4.83. The summed E-state index contributed by atoms with van der Waals surface area (Å²) in [5, 5.41) is 0.495. The molecule has 104 valence electrons. The van der Waals surface area contributed by atoms with Crippen molar-refractivity contribution in [3.63, 3.8) is 0 Å². The Balaban J connectivity index is 2.08. The molecule has 0 heterocycles. The number of rotatable bonds is 4. The van der Waals surface area contributed by atoms with Gasteiger partial charge in [0.05, 0.1) is 5.02 Å². The van der Waals surface area contributed by atoms with Crippen molar-refractivity contribution in [3.8, 4) is 5.75 Å². The fourth-order valence-corrected chi connectivity index (χ4v) is 2.01. The van der Waals surface area contributed by atoms with Crippen LogP contribution in [0, 0.1) is 0 Å². The second-order valence-electron chi connectivity index (χ2n) is 4.42. The van der Waals surface area contributed by atoms with Crippen molar-refractivity contribution in [1.82, 2.24) is 0 Å². The van der Waals surface area contributed by atoms with Gasteiger partial charge in [-0.15, -0.1) is 0 Å². The van der Waals surface area contributed by atoms with Crippen LogP contribution in [0.4, 0.5) is 5.69 Å². The van der Waals surface area contributed by atoms with Crippen LogP contribution < -0.4 is 9.64 Å². The molecule has 0 aromatic heterocycles. The molecule has 3 nitrogen and oxygen atoms in total. The van der Waals surface area contributed by atoms with E-state index < -0.39 is 6.10 Å². The predicted octanol–water partition coefficient (Wildman–Crippen LogP) is 3.77. The van der Waals surface area contributed by atoms with Crippen LogP contribution in [0.1, 0.15) is 6.92 Å². The number of nitrogens with zero attached hydrogens (tertiary/aromatic N) is 1. The van der Waals surface area contributed by atoms with Gasteiger partial charge in [0.2, 0.25) is 0 Å². The van der Waals surface area contributed by atoms with E-state index in [1.807, 2.05) is 42.5 Å². The highest BCUT2D eigenvalue weighted by Crippen LogP contribution is 2.25. The molecule has 1 amide bonds. The van der Waals surface area contributed by atoms with E-state index in [0.717, 1.165) is 5.69 Å². The number of para-hydroxylation sites is 2. The van der Waals surface area contributed by atoms with E-state index >= 15 is 0 Å². The topological polar surface area (TPSA) is 29.5 Å². The van der Waals surface area contributed by atoms with Gasteiger partial charge in [-0.25, -0.2) is 0 Å². The van der Waals surface area contributed by atoms with Gasteiger partial charge in [-0.3, -0.25) is 4.79 Å². The summed E-state index contributed by atoms with van der Waals surface area (Å²) in [7, 11) is 1.73. The molecule has 2 rings (SSSR count). The van der Waals surface area contributed by atoms with Gasteiger partial charge in [0.1, 0.15) is 5.75 Å². The highest BCUT2D eigenvalue weighted by atomic mass is 35.5. The van der Waals surface area contributed by atoms with E-state index in [2.05, 4.69) is 0 Å². The number of halogens is 1. The minimum absolute atomic E-state index is 0.129. The monoisotopic (exact) mass is 289 g/mol. The first-order valence-corrected chi connectivity index (χ1v) is 6.71.